The molecule has 1 fully saturated rings. The molecule has 0 atom stereocenters. The third kappa shape index (κ3) is 4.71. The van der Waals surface area contributed by atoms with E-state index in [1.807, 2.05) is 30.3 Å². The van der Waals surface area contributed by atoms with E-state index in [1.165, 1.54) is 0 Å². The third-order valence-electron chi connectivity index (χ3n) is 3.08. The van der Waals surface area contributed by atoms with Gasteiger partial charge in [-0.05, 0) is 18.4 Å². The number of rotatable bonds is 7. The first-order valence-corrected chi connectivity index (χ1v) is 6.41. The van der Waals surface area contributed by atoms with Gasteiger partial charge >= 0.3 is 5.97 Å². The molecule has 1 aromatic rings. The van der Waals surface area contributed by atoms with Crippen LogP contribution in [-0.4, -0.2) is 41.0 Å². The van der Waals surface area contributed by atoms with E-state index in [2.05, 4.69) is 5.32 Å². The number of carbonyl (C=O) groups is 2. The van der Waals surface area contributed by atoms with Gasteiger partial charge in [0.25, 0.3) is 0 Å². The van der Waals surface area contributed by atoms with Crippen LogP contribution in [0.4, 0.5) is 0 Å². The van der Waals surface area contributed by atoms with Crippen molar-refractivity contribution in [2.45, 2.75) is 25.4 Å². The first-order chi connectivity index (χ1) is 9.15. The number of nitrogens with one attached hydrogen (secondary N) is 1. The average Bonchev–Trinajstić information content (AvgIpc) is 3.20. The van der Waals surface area contributed by atoms with Crippen molar-refractivity contribution < 1.29 is 14.7 Å². The van der Waals surface area contributed by atoms with Crippen LogP contribution in [-0.2, 0) is 16.1 Å². The Morgan fingerprint density at radius 1 is 1.21 bits per heavy atom. The molecule has 1 aliphatic carbocycles. The van der Waals surface area contributed by atoms with Gasteiger partial charge in [-0.2, -0.15) is 0 Å². The minimum absolute atomic E-state index is 0.0660. The lowest BCUT2D eigenvalue weighted by atomic mass is 10.2. The number of amides is 1. The average molecular weight is 262 g/mol. The molecular formula is C14H18N2O3. The smallest absolute Gasteiger partial charge is 0.317 e. The highest BCUT2D eigenvalue weighted by Crippen LogP contribution is 2.26. The second-order valence-electron chi connectivity index (χ2n) is 4.79. The molecule has 5 nitrogen and oxygen atoms in total. The monoisotopic (exact) mass is 262 g/mol. The molecular weight excluding hydrogens is 244 g/mol. The number of carboxylic acid groups (broad SMARTS) is 1. The summed E-state index contributed by atoms with van der Waals surface area (Å²) < 4.78 is 0. The third-order valence-corrected chi connectivity index (χ3v) is 3.08. The largest absolute Gasteiger partial charge is 0.480 e. The summed E-state index contributed by atoms with van der Waals surface area (Å²) in [4.78, 5) is 24.2. The maximum absolute atomic E-state index is 11.8. The van der Waals surface area contributed by atoms with E-state index in [1.54, 1.807) is 4.90 Å². The van der Waals surface area contributed by atoms with E-state index < -0.39 is 5.97 Å². The van der Waals surface area contributed by atoms with E-state index in [0.717, 1.165) is 18.4 Å². The summed E-state index contributed by atoms with van der Waals surface area (Å²) in [5.41, 5.74) is 1.03. The summed E-state index contributed by atoms with van der Waals surface area (Å²) in [6, 6.07) is 9.91. The first kappa shape index (κ1) is 13.5. The molecule has 1 aromatic carbocycles. The molecule has 2 rings (SSSR count). The van der Waals surface area contributed by atoms with Crippen LogP contribution in [0.1, 0.15) is 18.4 Å². The fourth-order valence-corrected chi connectivity index (χ4v) is 1.96. The van der Waals surface area contributed by atoms with Crippen LogP contribution in [0.25, 0.3) is 0 Å². The lowest BCUT2D eigenvalue weighted by Crippen LogP contribution is -2.40. The Morgan fingerprint density at radius 3 is 2.47 bits per heavy atom. The minimum Gasteiger partial charge on any atom is -0.480 e. The van der Waals surface area contributed by atoms with Crippen LogP contribution in [0, 0.1) is 0 Å². The lowest BCUT2D eigenvalue weighted by molar-refractivity contribution is -0.138. The molecule has 0 aromatic heterocycles. The van der Waals surface area contributed by atoms with E-state index in [9.17, 15) is 9.59 Å². The fraction of sp³-hybridized carbons (Fsp3) is 0.429. The molecule has 0 aliphatic heterocycles. The summed E-state index contributed by atoms with van der Waals surface area (Å²) in [5.74, 6) is -1.01. The van der Waals surface area contributed by atoms with Gasteiger partial charge in [-0.3, -0.25) is 14.5 Å². The van der Waals surface area contributed by atoms with Crippen molar-refractivity contribution >= 4 is 11.9 Å². The van der Waals surface area contributed by atoms with Gasteiger partial charge in [0.05, 0.1) is 13.1 Å². The maximum atomic E-state index is 11.8. The van der Waals surface area contributed by atoms with Crippen LogP contribution in [0.15, 0.2) is 30.3 Å². The van der Waals surface area contributed by atoms with Crippen LogP contribution >= 0.6 is 0 Å². The molecule has 1 amide bonds. The Kier molecular flexibility index (Phi) is 4.52. The van der Waals surface area contributed by atoms with Crippen molar-refractivity contribution in [3.05, 3.63) is 35.9 Å². The number of benzene rings is 1. The van der Waals surface area contributed by atoms with Gasteiger partial charge in [0.15, 0.2) is 0 Å². The molecule has 0 unspecified atom stereocenters. The second-order valence-corrected chi connectivity index (χ2v) is 4.79. The van der Waals surface area contributed by atoms with Gasteiger partial charge < -0.3 is 10.4 Å². The second kappa shape index (κ2) is 6.33. The lowest BCUT2D eigenvalue weighted by Gasteiger charge is -2.18. The number of aliphatic carboxylic acids is 1. The van der Waals surface area contributed by atoms with Gasteiger partial charge in [-0.15, -0.1) is 0 Å². The molecule has 0 spiro atoms. The Hall–Kier alpha value is -1.88. The topological polar surface area (TPSA) is 69.6 Å². The van der Waals surface area contributed by atoms with Gasteiger partial charge in [0, 0.05) is 12.6 Å². The van der Waals surface area contributed by atoms with Gasteiger partial charge in [-0.1, -0.05) is 30.3 Å². The molecule has 2 N–H and O–H groups in total. The van der Waals surface area contributed by atoms with Gasteiger partial charge in [-0.25, -0.2) is 0 Å². The molecule has 102 valence electrons. The summed E-state index contributed by atoms with van der Waals surface area (Å²) in [7, 11) is 0. The summed E-state index contributed by atoms with van der Waals surface area (Å²) in [5, 5.41) is 11.6. The predicted octanol–water partition coefficient (Wildman–Crippen LogP) is 0.852. The number of carboxylic acids is 1. The highest BCUT2D eigenvalue weighted by Gasteiger charge is 2.31. The van der Waals surface area contributed by atoms with Crippen molar-refractivity contribution in [1.82, 2.24) is 10.2 Å². The molecule has 19 heavy (non-hydrogen) atoms. The molecule has 0 saturated heterocycles. The van der Waals surface area contributed by atoms with Crippen molar-refractivity contribution in [3.8, 4) is 0 Å². The molecule has 1 saturated carbocycles. The number of hydrogen-bond acceptors (Lipinski definition) is 3. The highest BCUT2D eigenvalue weighted by atomic mass is 16.4. The Balaban J connectivity index is 1.77. The van der Waals surface area contributed by atoms with E-state index in [0.29, 0.717) is 6.54 Å². The molecule has 0 radical (unpaired) electrons. The van der Waals surface area contributed by atoms with Crippen molar-refractivity contribution in [3.63, 3.8) is 0 Å². The van der Waals surface area contributed by atoms with Crippen molar-refractivity contribution in [1.29, 1.82) is 0 Å². The van der Waals surface area contributed by atoms with Crippen LogP contribution in [0.3, 0.4) is 0 Å². The predicted molar refractivity (Wildman–Crippen MR) is 70.5 cm³/mol. The summed E-state index contributed by atoms with van der Waals surface area (Å²) in [6.07, 6.45) is 1.97. The van der Waals surface area contributed by atoms with E-state index in [-0.39, 0.29) is 25.0 Å². The summed E-state index contributed by atoms with van der Waals surface area (Å²) >= 11 is 0. The Bertz CT molecular complexity index is 443. The number of carbonyl (C=O) groups excluding carboxylic acids is 1. The highest BCUT2D eigenvalue weighted by molar-refractivity contribution is 5.79. The number of hydrogen-bond donors (Lipinski definition) is 2. The maximum Gasteiger partial charge on any atom is 0.317 e. The van der Waals surface area contributed by atoms with Crippen molar-refractivity contribution in [2.75, 3.05) is 13.1 Å². The fourth-order valence-electron chi connectivity index (χ4n) is 1.96. The number of nitrogens with zero attached hydrogens (tertiary/aromatic N) is 1. The molecule has 1 aliphatic rings. The first-order valence-electron chi connectivity index (χ1n) is 6.41. The zero-order valence-electron chi connectivity index (χ0n) is 10.7. The van der Waals surface area contributed by atoms with Crippen LogP contribution < -0.4 is 5.32 Å². The van der Waals surface area contributed by atoms with E-state index in [4.69, 9.17) is 5.11 Å². The van der Waals surface area contributed by atoms with Gasteiger partial charge in [0.1, 0.15) is 0 Å². The zero-order valence-corrected chi connectivity index (χ0v) is 10.7. The van der Waals surface area contributed by atoms with Crippen LogP contribution in [0.5, 0.6) is 0 Å². The van der Waals surface area contributed by atoms with Crippen molar-refractivity contribution in [2.24, 2.45) is 0 Å². The van der Waals surface area contributed by atoms with E-state index >= 15 is 0 Å². The Labute approximate surface area is 112 Å². The van der Waals surface area contributed by atoms with Crippen LogP contribution in [0.2, 0.25) is 0 Å². The normalized spacial score (nSPS) is 14.4. The molecule has 0 bridgehead atoms. The Morgan fingerprint density at radius 2 is 1.89 bits per heavy atom. The zero-order chi connectivity index (χ0) is 13.7. The van der Waals surface area contributed by atoms with Gasteiger partial charge in [0.2, 0.25) is 5.91 Å². The minimum atomic E-state index is -0.886. The molecule has 0 heterocycles. The standard InChI is InChI=1S/C14H18N2O3/c17-13(15-8-11-4-2-1-3-5-11)9-16(10-14(18)19)12-6-7-12/h1-5,12H,6-10H2,(H,15,17)(H,18,19). The SMILES string of the molecule is O=C(O)CN(CC(=O)NCc1ccccc1)C1CC1. The quantitative estimate of drug-likeness (QED) is 0.764. The molecule has 5 heteroatoms. The summed E-state index contributed by atoms with van der Waals surface area (Å²) in [6.45, 7) is 0.568.